The molecule has 0 amide bonds. The Hall–Kier alpha value is -3.48. The van der Waals surface area contributed by atoms with Crippen molar-refractivity contribution in [2.24, 2.45) is 0 Å². The summed E-state index contributed by atoms with van der Waals surface area (Å²) >= 11 is 0. The maximum absolute atomic E-state index is 4.23. The number of benzene rings is 2. The molecule has 7 nitrogen and oxygen atoms in total. The van der Waals surface area contributed by atoms with E-state index < -0.39 is 0 Å². The van der Waals surface area contributed by atoms with Crippen LogP contribution in [0.25, 0.3) is 33.2 Å². The molecule has 25 heavy (non-hydrogen) atoms. The Balaban J connectivity index is 1.82. The first-order valence-corrected chi connectivity index (χ1v) is 8.11. The Kier molecular flexibility index (Phi) is 2.93. The highest BCUT2D eigenvalue weighted by molar-refractivity contribution is 6.09. The van der Waals surface area contributed by atoms with Crippen LogP contribution >= 0.6 is 0 Å². The molecule has 0 saturated carbocycles. The van der Waals surface area contributed by atoms with Crippen molar-refractivity contribution in [2.45, 2.75) is 13.5 Å². The summed E-state index contributed by atoms with van der Waals surface area (Å²) in [6.07, 6.45) is 6.51. The van der Waals surface area contributed by atoms with Crippen LogP contribution in [-0.4, -0.2) is 34.1 Å². The van der Waals surface area contributed by atoms with Crippen LogP contribution in [0.15, 0.2) is 61.7 Å². The molecule has 7 heteroatoms. The van der Waals surface area contributed by atoms with Gasteiger partial charge in [-0.25, -0.2) is 19.3 Å². The summed E-state index contributed by atoms with van der Waals surface area (Å²) in [6.45, 7) is 3.07. The monoisotopic (exact) mass is 329 g/mol. The molecule has 0 aliphatic heterocycles. The number of aryl methyl sites for hydroxylation is 1. The molecular formula is C18H15N7. The predicted octanol–water partition coefficient (Wildman–Crippen LogP) is 2.98. The van der Waals surface area contributed by atoms with Crippen molar-refractivity contribution >= 4 is 21.8 Å². The fourth-order valence-corrected chi connectivity index (χ4v) is 3.39. The fourth-order valence-electron chi connectivity index (χ4n) is 3.39. The van der Waals surface area contributed by atoms with E-state index in [9.17, 15) is 0 Å². The van der Waals surface area contributed by atoms with Crippen molar-refractivity contribution in [2.75, 3.05) is 0 Å². The molecule has 0 N–H and O–H groups in total. The predicted molar refractivity (Wildman–Crippen MR) is 95.0 cm³/mol. The van der Waals surface area contributed by atoms with Crippen LogP contribution in [-0.2, 0) is 6.54 Å². The largest absolute Gasteiger partial charge is 0.341 e. The Morgan fingerprint density at radius 1 is 0.760 bits per heavy atom. The third-order valence-corrected chi connectivity index (χ3v) is 4.51. The molecule has 122 valence electrons. The third kappa shape index (κ3) is 2.06. The van der Waals surface area contributed by atoms with Crippen LogP contribution in [0.3, 0.4) is 0 Å². The molecule has 5 rings (SSSR count). The van der Waals surface area contributed by atoms with Gasteiger partial charge in [-0.3, -0.25) is 0 Å². The molecule has 3 heterocycles. The van der Waals surface area contributed by atoms with Crippen LogP contribution in [0.5, 0.6) is 0 Å². The standard InChI is InChI=1S/C18H15N7/c1-2-23-17-5-3-13(24-11-19-9-21-24)7-15(17)16-8-14(4-6-18(16)23)25-12-20-10-22-25/h3-12H,2H2,1H3. The second-order valence-electron chi connectivity index (χ2n) is 5.83. The highest BCUT2D eigenvalue weighted by atomic mass is 15.3. The lowest BCUT2D eigenvalue weighted by molar-refractivity contribution is 0.825. The van der Waals surface area contributed by atoms with E-state index in [2.05, 4.69) is 68.1 Å². The lowest BCUT2D eigenvalue weighted by Crippen LogP contribution is -1.96. The zero-order valence-electron chi connectivity index (χ0n) is 13.6. The normalized spacial score (nSPS) is 11.6. The van der Waals surface area contributed by atoms with E-state index in [0.29, 0.717) is 0 Å². The van der Waals surface area contributed by atoms with Gasteiger partial charge in [0, 0.05) is 28.4 Å². The van der Waals surface area contributed by atoms with E-state index in [0.717, 1.165) is 17.9 Å². The van der Waals surface area contributed by atoms with Crippen molar-refractivity contribution in [1.29, 1.82) is 0 Å². The van der Waals surface area contributed by atoms with Crippen molar-refractivity contribution in [3.8, 4) is 11.4 Å². The second kappa shape index (κ2) is 5.27. The van der Waals surface area contributed by atoms with Gasteiger partial charge in [-0.1, -0.05) is 0 Å². The first-order valence-electron chi connectivity index (χ1n) is 8.11. The summed E-state index contributed by atoms with van der Waals surface area (Å²) in [6, 6.07) is 12.7. The van der Waals surface area contributed by atoms with Gasteiger partial charge < -0.3 is 4.57 Å². The minimum Gasteiger partial charge on any atom is -0.341 e. The first-order chi connectivity index (χ1) is 12.3. The number of hydrogen-bond acceptors (Lipinski definition) is 4. The first kappa shape index (κ1) is 13.9. The minimum atomic E-state index is 0.908. The van der Waals surface area contributed by atoms with Gasteiger partial charge in [-0.2, -0.15) is 10.2 Å². The van der Waals surface area contributed by atoms with Crippen molar-refractivity contribution in [3.05, 3.63) is 61.7 Å². The van der Waals surface area contributed by atoms with Gasteiger partial charge in [0.2, 0.25) is 0 Å². The Bertz CT molecular complexity index is 1080. The summed E-state index contributed by atoms with van der Waals surface area (Å²) in [5.74, 6) is 0. The molecule has 5 aromatic rings. The van der Waals surface area contributed by atoms with E-state index in [1.165, 1.54) is 21.8 Å². The number of hydrogen-bond donors (Lipinski definition) is 0. The van der Waals surface area contributed by atoms with Gasteiger partial charge in [0.05, 0.1) is 11.4 Å². The smallest absolute Gasteiger partial charge is 0.138 e. The third-order valence-electron chi connectivity index (χ3n) is 4.51. The average molecular weight is 329 g/mol. The van der Waals surface area contributed by atoms with Gasteiger partial charge in [0.25, 0.3) is 0 Å². The Morgan fingerprint density at radius 2 is 1.28 bits per heavy atom. The average Bonchev–Trinajstić information content (AvgIpc) is 3.40. The SMILES string of the molecule is CCn1c2ccc(-n3cncn3)cc2c2cc(-n3cncn3)ccc21. The second-order valence-corrected chi connectivity index (χ2v) is 5.83. The van der Waals surface area contributed by atoms with Gasteiger partial charge >= 0.3 is 0 Å². The maximum atomic E-state index is 4.23. The molecule has 0 radical (unpaired) electrons. The van der Waals surface area contributed by atoms with E-state index in [1.54, 1.807) is 34.7 Å². The highest BCUT2D eigenvalue weighted by Crippen LogP contribution is 2.32. The number of aromatic nitrogens is 7. The van der Waals surface area contributed by atoms with Crippen LogP contribution in [0, 0.1) is 0 Å². The molecule has 0 aliphatic rings. The van der Waals surface area contributed by atoms with Crippen molar-refractivity contribution in [3.63, 3.8) is 0 Å². The summed E-state index contributed by atoms with van der Waals surface area (Å²) in [5.41, 5.74) is 4.40. The lowest BCUT2D eigenvalue weighted by atomic mass is 10.1. The Labute approximate surface area is 143 Å². The van der Waals surface area contributed by atoms with Gasteiger partial charge in [0.1, 0.15) is 25.3 Å². The van der Waals surface area contributed by atoms with Gasteiger partial charge in [-0.05, 0) is 43.3 Å². The number of nitrogens with zero attached hydrogens (tertiary/aromatic N) is 7. The topological polar surface area (TPSA) is 66.3 Å². The van der Waals surface area contributed by atoms with Crippen LogP contribution < -0.4 is 0 Å². The molecule has 0 fully saturated rings. The van der Waals surface area contributed by atoms with E-state index in [1.807, 2.05) is 0 Å². The summed E-state index contributed by atoms with van der Waals surface area (Å²) in [4.78, 5) is 8.08. The van der Waals surface area contributed by atoms with Crippen LogP contribution in [0.1, 0.15) is 6.92 Å². The van der Waals surface area contributed by atoms with Crippen molar-refractivity contribution in [1.82, 2.24) is 34.1 Å². The number of rotatable bonds is 3. The molecule has 0 spiro atoms. The quantitative estimate of drug-likeness (QED) is 0.510. The summed E-state index contributed by atoms with van der Waals surface area (Å²) < 4.78 is 5.87. The van der Waals surface area contributed by atoms with Crippen LogP contribution in [0.4, 0.5) is 0 Å². The van der Waals surface area contributed by atoms with Gasteiger partial charge in [0.15, 0.2) is 0 Å². The highest BCUT2D eigenvalue weighted by Gasteiger charge is 2.12. The zero-order chi connectivity index (χ0) is 16.8. The molecular weight excluding hydrogens is 314 g/mol. The summed E-state index contributed by atoms with van der Waals surface area (Å²) in [7, 11) is 0. The van der Waals surface area contributed by atoms with Crippen molar-refractivity contribution < 1.29 is 0 Å². The molecule has 0 aliphatic carbocycles. The molecule has 3 aromatic heterocycles. The molecule has 0 atom stereocenters. The van der Waals surface area contributed by atoms with Gasteiger partial charge in [-0.15, -0.1) is 0 Å². The molecule has 0 saturated heterocycles. The lowest BCUT2D eigenvalue weighted by Gasteiger charge is -2.04. The molecule has 2 aromatic carbocycles. The number of fused-ring (bicyclic) bond motifs is 3. The molecule has 0 unspecified atom stereocenters. The van der Waals surface area contributed by atoms with Crippen LogP contribution in [0.2, 0.25) is 0 Å². The van der Waals surface area contributed by atoms with E-state index >= 15 is 0 Å². The minimum absolute atomic E-state index is 0.908. The van der Waals surface area contributed by atoms with E-state index in [-0.39, 0.29) is 0 Å². The zero-order valence-corrected chi connectivity index (χ0v) is 13.6. The fraction of sp³-hybridized carbons (Fsp3) is 0.111. The maximum Gasteiger partial charge on any atom is 0.138 e. The Morgan fingerprint density at radius 3 is 1.68 bits per heavy atom. The molecule has 0 bridgehead atoms. The summed E-state index contributed by atoms with van der Waals surface area (Å²) in [5, 5.41) is 10.8. The van der Waals surface area contributed by atoms with E-state index in [4.69, 9.17) is 0 Å².